The Morgan fingerprint density at radius 1 is 1.25 bits per heavy atom. The lowest BCUT2D eigenvalue weighted by Crippen LogP contribution is -2.35. The Balaban J connectivity index is 2.03. The Labute approximate surface area is 124 Å². The number of rotatable bonds is 7. The summed E-state index contributed by atoms with van der Waals surface area (Å²) in [6.07, 6.45) is 2.56. The number of hydrogen-bond acceptors (Lipinski definition) is 2. The zero-order valence-electron chi connectivity index (χ0n) is 13.3. The highest BCUT2D eigenvalue weighted by Gasteiger charge is 2.30. The third-order valence-electron chi connectivity index (χ3n) is 4.59. The second-order valence-electron chi connectivity index (χ2n) is 6.42. The van der Waals surface area contributed by atoms with Crippen LogP contribution >= 0.6 is 0 Å². The summed E-state index contributed by atoms with van der Waals surface area (Å²) in [6, 6.07) is 11.5. The molecule has 1 aromatic carbocycles. The first-order chi connectivity index (χ1) is 9.72. The average Bonchev–Trinajstić information content (AvgIpc) is 2.94. The zero-order valence-corrected chi connectivity index (χ0v) is 13.3. The van der Waals surface area contributed by atoms with E-state index in [4.69, 9.17) is 0 Å². The summed E-state index contributed by atoms with van der Waals surface area (Å²) in [5.41, 5.74) is 1.46. The molecule has 2 rings (SSSR count). The lowest BCUT2D eigenvalue weighted by molar-refractivity contribution is 0.221. The van der Waals surface area contributed by atoms with Gasteiger partial charge in [0.25, 0.3) is 0 Å². The fourth-order valence-corrected chi connectivity index (χ4v) is 3.19. The van der Waals surface area contributed by atoms with Gasteiger partial charge in [0.1, 0.15) is 0 Å². The highest BCUT2D eigenvalue weighted by atomic mass is 15.2. The van der Waals surface area contributed by atoms with Crippen molar-refractivity contribution in [2.45, 2.75) is 39.7 Å². The van der Waals surface area contributed by atoms with Crippen LogP contribution in [0.5, 0.6) is 0 Å². The smallest absolute Gasteiger partial charge is 0.0472 e. The molecular weight excluding hydrogens is 244 g/mol. The molecule has 2 nitrogen and oxygen atoms in total. The van der Waals surface area contributed by atoms with Crippen molar-refractivity contribution in [3.63, 3.8) is 0 Å². The molecule has 1 heterocycles. The standard InChI is InChI=1S/C18H30N2/c1-4-11-19-13-18(16-8-6-5-7-9-16)20-12-10-17(14-20)15(2)3/h5-9,15,17-19H,4,10-14H2,1-3H3. The van der Waals surface area contributed by atoms with E-state index in [0.717, 1.165) is 24.9 Å². The molecule has 1 saturated heterocycles. The van der Waals surface area contributed by atoms with Crippen molar-refractivity contribution in [3.05, 3.63) is 35.9 Å². The summed E-state index contributed by atoms with van der Waals surface area (Å²) in [5, 5.41) is 3.61. The highest BCUT2D eigenvalue weighted by molar-refractivity contribution is 5.20. The molecule has 0 aromatic heterocycles. The van der Waals surface area contributed by atoms with E-state index in [1.54, 1.807) is 0 Å². The van der Waals surface area contributed by atoms with E-state index in [-0.39, 0.29) is 0 Å². The topological polar surface area (TPSA) is 15.3 Å². The van der Waals surface area contributed by atoms with Crippen molar-refractivity contribution >= 4 is 0 Å². The van der Waals surface area contributed by atoms with Gasteiger partial charge in [-0.25, -0.2) is 0 Å². The Morgan fingerprint density at radius 3 is 2.60 bits per heavy atom. The number of benzene rings is 1. The van der Waals surface area contributed by atoms with Crippen LogP contribution in [0.4, 0.5) is 0 Å². The second-order valence-corrected chi connectivity index (χ2v) is 6.42. The second kappa shape index (κ2) is 7.80. The lowest BCUT2D eigenvalue weighted by atomic mass is 9.95. The van der Waals surface area contributed by atoms with E-state index in [2.05, 4.69) is 61.3 Å². The summed E-state index contributed by atoms with van der Waals surface area (Å²) in [4.78, 5) is 2.68. The third kappa shape index (κ3) is 4.07. The van der Waals surface area contributed by atoms with Crippen LogP contribution in [-0.2, 0) is 0 Å². The van der Waals surface area contributed by atoms with E-state index >= 15 is 0 Å². The molecule has 2 heteroatoms. The Bertz CT molecular complexity index is 374. The maximum atomic E-state index is 3.61. The van der Waals surface area contributed by atoms with Crippen molar-refractivity contribution in [1.82, 2.24) is 10.2 Å². The SMILES string of the molecule is CCCNCC(c1ccccc1)N1CCC(C(C)C)C1. The van der Waals surface area contributed by atoms with Crippen molar-refractivity contribution < 1.29 is 0 Å². The predicted molar refractivity (Wildman–Crippen MR) is 86.9 cm³/mol. The van der Waals surface area contributed by atoms with Gasteiger partial charge in [-0.05, 0) is 43.3 Å². The van der Waals surface area contributed by atoms with Crippen LogP contribution in [0.25, 0.3) is 0 Å². The van der Waals surface area contributed by atoms with Crippen LogP contribution in [0.15, 0.2) is 30.3 Å². The molecule has 0 aliphatic carbocycles. The molecule has 0 amide bonds. The normalized spacial score (nSPS) is 21.5. The van der Waals surface area contributed by atoms with Crippen LogP contribution in [-0.4, -0.2) is 31.1 Å². The Kier molecular flexibility index (Phi) is 6.06. The molecule has 2 unspecified atom stereocenters. The molecular formula is C18H30N2. The molecule has 112 valence electrons. The highest BCUT2D eigenvalue weighted by Crippen LogP contribution is 2.30. The molecule has 1 aromatic rings. The number of nitrogens with zero attached hydrogens (tertiary/aromatic N) is 1. The Hall–Kier alpha value is -0.860. The van der Waals surface area contributed by atoms with Crippen LogP contribution < -0.4 is 5.32 Å². The molecule has 0 spiro atoms. The number of hydrogen-bond donors (Lipinski definition) is 1. The average molecular weight is 274 g/mol. The van der Waals surface area contributed by atoms with Crippen LogP contribution in [0.3, 0.4) is 0 Å². The van der Waals surface area contributed by atoms with Crippen molar-refractivity contribution in [2.75, 3.05) is 26.2 Å². The van der Waals surface area contributed by atoms with Gasteiger partial charge in [0.05, 0.1) is 0 Å². The van der Waals surface area contributed by atoms with Gasteiger partial charge in [-0.1, -0.05) is 51.1 Å². The fourth-order valence-electron chi connectivity index (χ4n) is 3.19. The van der Waals surface area contributed by atoms with E-state index < -0.39 is 0 Å². The lowest BCUT2D eigenvalue weighted by Gasteiger charge is -2.29. The van der Waals surface area contributed by atoms with Gasteiger partial charge < -0.3 is 5.32 Å². The maximum absolute atomic E-state index is 3.61. The first-order valence-corrected chi connectivity index (χ1v) is 8.22. The molecule has 20 heavy (non-hydrogen) atoms. The van der Waals surface area contributed by atoms with Crippen molar-refractivity contribution in [3.8, 4) is 0 Å². The van der Waals surface area contributed by atoms with E-state index in [1.165, 1.54) is 31.5 Å². The minimum absolute atomic E-state index is 0.534. The molecule has 1 aliphatic heterocycles. The molecule has 0 bridgehead atoms. The monoisotopic (exact) mass is 274 g/mol. The maximum Gasteiger partial charge on any atom is 0.0472 e. The van der Waals surface area contributed by atoms with E-state index in [0.29, 0.717) is 6.04 Å². The first kappa shape index (κ1) is 15.5. The van der Waals surface area contributed by atoms with Gasteiger partial charge in [0.2, 0.25) is 0 Å². The van der Waals surface area contributed by atoms with Crippen molar-refractivity contribution in [2.24, 2.45) is 11.8 Å². The summed E-state index contributed by atoms with van der Waals surface area (Å²) < 4.78 is 0. The molecule has 1 N–H and O–H groups in total. The number of likely N-dealkylation sites (tertiary alicyclic amines) is 1. The van der Waals surface area contributed by atoms with Crippen LogP contribution in [0, 0.1) is 11.8 Å². The summed E-state index contributed by atoms with van der Waals surface area (Å²) in [7, 11) is 0. The van der Waals surface area contributed by atoms with Gasteiger partial charge in [-0.3, -0.25) is 4.90 Å². The predicted octanol–water partition coefficient (Wildman–Crippen LogP) is 3.71. The minimum atomic E-state index is 0.534. The quantitative estimate of drug-likeness (QED) is 0.763. The largest absolute Gasteiger partial charge is 0.315 e. The summed E-state index contributed by atoms with van der Waals surface area (Å²) in [6.45, 7) is 11.6. The van der Waals surface area contributed by atoms with Crippen LogP contribution in [0.1, 0.15) is 45.2 Å². The molecule has 2 atom stereocenters. The fraction of sp³-hybridized carbons (Fsp3) is 0.667. The van der Waals surface area contributed by atoms with Gasteiger partial charge in [0.15, 0.2) is 0 Å². The Morgan fingerprint density at radius 2 is 2.00 bits per heavy atom. The third-order valence-corrected chi connectivity index (χ3v) is 4.59. The van der Waals surface area contributed by atoms with E-state index in [1.807, 2.05) is 0 Å². The van der Waals surface area contributed by atoms with E-state index in [9.17, 15) is 0 Å². The van der Waals surface area contributed by atoms with Gasteiger partial charge in [-0.15, -0.1) is 0 Å². The summed E-state index contributed by atoms with van der Waals surface area (Å²) in [5.74, 6) is 1.67. The van der Waals surface area contributed by atoms with Crippen LogP contribution in [0.2, 0.25) is 0 Å². The van der Waals surface area contributed by atoms with Gasteiger partial charge >= 0.3 is 0 Å². The zero-order chi connectivity index (χ0) is 14.4. The minimum Gasteiger partial charge on any atom is -0.315 e. The molecule has 1 fully saturated rings. The summed E-state index contributed by atoms with van der Waals surface area (Å²) >= 11 is 0. The molecule has 0 radical (unpaired) electrons. The molecule has 0 saturated carbocycles. The van der Waals surface area contributed by atoms with Gasteiger partial charge in [-0.2, -0.15) is 0 Å². The van der Waals surface area contributed by atoms with Gasteiger partial charge in [0, 0.05) is 19.1 Å². The number of nitrogens with one attached hydrogen (secondary N) is 1. The molecule has 1 aliphatic rings. The van der Waals surface area contributed by atoms with Crippen molar-refractivity contribution in [1.29, 1.82) is 0 Å². The first-order valence-electron chi connectivity index (χ1n) is 8.22.